The predicted octanol–water partition coefficient (Wildman–Crippen LogP) is 0.777. The van der Waals surface area contributed by atoms with Crippen LogP contribution in [0.1, 0.15) is 32.6 Å². The molecule has 3 N–H and O–H groups in total. The lowest BCUT2D eigenvalue weighted by atomic mass is 10.0. The lowest BCUT2D eigenvalue weighted by Gasteiger charge is -2.32. The van der Waals surface area contributed by atoms with Gasteiger partial charge in [-0.2, -0.15) is 24.5 Å². The fraction of sp³-hybridized carbons (Fsp3) is 1.00. The van der Waals surface area contributed by atoms with Crippen molar-refractivity contribution < 1.29 is 8.42 Å². The zero-order valence-corrected chi connectivity index (χ0v) is 13.2. The van der Waals surface area contributed by atoms with Gasteiger partial charge in [0, 0.05) is 24.4 Å². The number of nitrogens with two attached hydrogens (primary N) is 1. The van der Waals surface area contributed by atoms with E-state index in [0.717, 1.165) is 25.0 Å². The van der Waals surface area contributed by atoms with Gasteiger partial charge in [-0.1, -0.05) is 0 Å². The van der Waals surface area contributed by atoms with E-state index in [-0.39, 0.29) is 4.75 Å². The second kappa shape index (κ2) is 6.30. The van der Waals surface area contributed by atoms with Gasteiger partial charge in [0.15, 0.2) is 0 Å². The standard InChI is InChI=1S/C12H25N3O2S2/c1-12(5-3-7-18-12)10-14-19(16,17)15-6-2-4-11(8-13)9-15/h11,14H,2-10,13H2,1H3. The SMILES string of the molecule is CC1(CNS(=O)(=O)N2CCCC(CN)C2)CCCS1. The fourth-order valence-electron chi connectivity index (χ4n) is 2.75. The van der Waals surface area contributed by atoms with Crippen molar-refractivity contribution in [2.24, 2.45) is 11.7 Å². The number of piperidine rings is 1. The molecule has 112 valence electrons. The maximum atomic E-state index is 12.3. The molecule has 19 heavy (non-hydrogen) atoms. The highest BCUT2D eigenvalue weighted by Crippen LogP contribution is 2.37. The first-order valence-electron chi connectivity index (χ1n) is 7.04. The molecule has 2 aliphatic rings. The highest BCUT2D eigenvalue weighted by Gasteiger charge is 2.33. The first-order valence-corrected chi connectivity index (χ1v) is 9.46. The smallest absolute Gasteiger partial charge is 0.279 e. The van der Waals surface area contributed by atoms with Gasteiger partial charge in [0.1, 0.15) is 0 Å². The van der Waals surface area contributed by atoms with Gasteiger partial charge < -0.3 is 5.73 Å². The lowest BCUT2D eigenvalue weighted by Crippen LogP contribution is -2.49. The van der Waals surface area contributed by atoms with Crippen LogP contribution >= 0.6 is 11.8 Å². The minimum Gasteiger partial charge on any atom is -0.330 e. The Morgan fingerprint density at radius 2 is 2.26 bits per heavy atom. The Hall–Kier alpha value is 0.180. The Morgan fingerprint density at radius 1 is 1.47 bits per heavy atom. The molecule has 2 saturated heterocycles. The van der Waals surface area contributed by atoms with E-state index in [4.69, 9.17) is 5.73 Å². The van der Waals surface area contributed by atoms with Gasteiger partial charge in [-0.3, -0.25) is 0 Å². The third-order valence-corrected chi connectivity index (χ3v) is 7.14. The van der Waals surface area contributed by atoms with Gasteiger partial charge >= 0.3 is 0 Å². The summed E-state index contributed by atoms with van der Waals surface area (Å²) in [7, 11) is -3.34. The van der Waals surface area contributed by atoms with Crippen molar-refractivity contribution in [3.63, 3.8) is 0 Å². The van der Waals surface area contributed by atoms with Gasteiger partial charge in [-0.15, -0.1) is 0 Å². The first kappa shape index (κ1) is 15.6. The van der Waals surface area contributed by atoms with Crippen LogP contribution in [0.15, 0.2) is 0 Å². The first-order chi connectivity index (χ1) is 8.95. The number of nitrogens with one attached hydrogen (secondary N) is 1. The summed E-state index contributed by atoms with van der Waals surface area (Å²) in [6, 6.07) is 0. The van der Waals surface area contributed by atoms with Crippen LogP contribution in [-0.2, 0) is 10.2 Å². The molecule has 2 heterocycles. The monoisotopic (exact) mass is 307 g/mol. The largest absolute Gasteiger partial charge is 0.330 e. The zero-order valence-electron chi connectivity index (χ0n) is 11.6. The minimum atomic E-state index is -3.34. The minimum absolute atomic E-state index is 0.0656. The van der Waals surface area contributed by atoms with Crippen LogP contribution < -0.4 is 10.5 Å². The molecule has 0 saturated carbocycles. The average molecular weight is 307 g/mol. The molecular weight excluding hydrogens is 282 g/mol. The van der Waals surface area contributed by atoms with E-state index >= 15 is 0 Å². The molecule has 0 spiro atoms. The van der Waals surface area contributed by atoms with E-state index < -0.39 is 10.2 Å². The highest BCUT2D eigenvalue weighted by molar-refractivity contribution is 8.00. The van der Waals surface area contributed by atoms with Gasteiger partial charge in [0.05, 0.1) is 0 Å². The maximum Gasteiger partial charge on any atom is 0.279 e. The van der Waals surface area contributed by atoms with Crippen molar-refractivity contribution in [1.82, 2.24) is 9.03 Å². The molecule has 2 rings (SSSR count). The van der Waals surface area contributed by atoms with Crippen molar-refractivity contribution >= 4 is 22.0 Å². The van der Waals surface area contributed by atoms with Crippen LogP contribution in [0, 0.1) is 5.92 Å². The molecule has 0 amide bonds. The number of thioether (sulfide) groups is 1. The molecule has 2 atom stereocenters. The number of nitrogens with zero attached hydrogens (tertiary/aromatic N) is 1. The third-order valence-electron chi connectivity index (χ3n) is 4.08. The summed E-state index contributed by atoms with van der Waals surface area (Å²) in [5, 5.41) is 0. The summed E-state index contributed by atoms with van der Waals surface area (Å²) in [5.41, 5.74) is 5.66. The fourth-order valence-corrected chi connectivity index (χ4v) is 5.54. The maximum absolute atomic E-state index is 12.3. The van der Waals surface area contributed by atoms with E-state index in [2.05, 4.69) is 11.6 Å². The Balaban J connectivity index is 1.90. The quantitative estimate of drug-likeness (QED) is 0.787. The van der Waals surface area contributed by atoms with Crippen molar-refractivity contribution in [2.75, 3.05) is 31.9 Å². The van der Waals surface area contributed by atoms with E-state index in [9.17, 15) is 8.42 Å². The van der Waals surface area contributed by atoms with E-state index in [1.165, 1.54) is 6.42 Å². The summed E-state index contributed by atoms with van der Waals surface area (Å²) >= 11 is 1.87. The third kappa shape index (κ3) is 4.07. The summed E-state index contributed by atoms with van der Waals surface area (Å²) < 4.78 is 29.0. The van der Waals surface area contributed by atoms with Crippen LogP contribution in [0.25, 0.3) is 0 Å². The molecule has 7 heteroatoms. The molecule has 5 nitrogen and oxygen atoms in total. The summed E-state index contributed by atoms with van der Waals surface area (Å²) in [5.74, 6) is 1.44. The summed E-state index contributed by atoms with van der Waals surface area (Å²) in [4.78, 5) is 0. The zero-order chi connectivity index (χ0) is 13.9. The van der Waals surface area contributed by atoms with Crippen molar-refractivity contribution in [3.8, 4) is 0 Å². The molecule has 2 fully saturated rings. The molecule has 2 unspecified atom stereocenters. The van der Waals surface area contributed by atoms with E-state index in [1.807, 2.05) is 11.8 Å². The molecule has 0 radical (unpaired) electrons. The average Bonchev–Trinajstić information content (AvgIpc) is 2.84. The van der Waals surface area contributed by atoms with Crippen LogP contribution in [0.3, 0.4) is 0 Å². The summed E-state index contributed by atoms with van der Waals surface area (Å²) in [6.07, 6.45) is 4.22. The highest BCUT2D eigenvalue weighted by atomic mass is 32.2. The normalized spacial score (nSPS) is 33.7. The Bertz CT molecular complexity index is 394. The van der Waals surface area contributed by atoms with Gasteiger partial charge in [0.25, 0.3) is 10.2 Å². The molecule has 0 aromatic heterocycles. The molecule has 2 aliphatic heterocycles. The van der Waals surface area contributed by atoms with Crippen molar-refractivity contribution in [3.05, 3.63) is 0 Å². The van der Waals surface area contributed by atoms with Gasteiger partial charge in [-0.05, 0) is 50.8 Å². The van der Waals surface area contributed by atoms with Crippen molar-refractivity contribution in [2.45, 2.75) is 37.4 Å². The second-order valence-corrected chi connectivity index (χ2v) is 9.27. The van der Waals surface area contributed by atoms with Crippen molar-refractivity contribution in [1.29, 1.82) is 0 Å². The predicted molar refractivity (Wildman–Crippen MR) is 80.4 cm³/mol. The molecule has 0 aromatic rings. The lowest BCUT2D eigenvalue weighted by molar-refractivity contribution is 0.268. The number of hydrogen-bond donors (Lipinski definition) is 2. The van der Waals surface area contributed by atoms with Crippen LogP contribution in [0.2, 0.25) is 0 Å². The van der Waals surface area contributed by atoms with Gasteiger partial charge in [-0.25, -0.2) is 4.72 Å². The summed E-state index contributed by atoms with van der Waals surface area (Å²) in [6.45, 7) is 4.43. The molecular formula is C12H25N3O2S2. The Kier molecular flexibility index (Phi) is 5.16. The Morgan fingerprint density at radius 3 is 2.89 bits per heavy atom. The number of hydrogen-bond acceptors (Lipinski definition) is 4. The van der Waals surface area contributed by atoms with E-state index in [1.54, 1.807) is 4.31 Å². The molecule has 0 aromatic carbocycles. The Labute approximate surface area is 120 Å². The number of rotatable bonds is 5. The van der Waals surface area contributed by atoms with Gasteiger partial charge in [0.2, 0.25) is 0 Å². The van der Waals surface area contributed by atoms with Crippen LogP contribution in [0.4, 0.5) is 0 Å². The molecule has 0 aliphatic carbocycles. The second-order valence-electron chi connectivity index (χ2n) is 5.83. The topological polar surface area (TPSA) is 75.4 Å². The molecule has 0 bridgehead atoms. The van der Waals surface area contributed by atoms with Crippen LogP contribution in [-0.4, -0.2) is 49.4 Å². The van der Waals surface area contributed by atoms with E-state index in [0.29, 0.717) is 32.1 Å². The van der Waals surface area contributed by atoms with Crippen LogP contribution in [0.5, 0.6) is 0 Å².